The molecule has 11 heteroatoms. The maximum absolute atomic E-state index is 12.0. The third-order valence-electron chi connectivity index (χ3n) is 2.88. The number of primary sulfonamides is 1. The van der Waals surface area contributed by atoms with Crippen LogP contribution in [0.4, 0.5) is 0 Å². The predicted octanol–water partition coefficient (Wildman–Crippen LogP) is -0.895. The van der Waals surface area contributed by atoms with Crippen LogP contribution in [-0.4, -0.2) is 54.0 Å². The zero-order valence-electron chi connectivity index (χ0n) is 11.2. The molecule has 1 aromatic rings. The Kier molecular flexibility index (Phi) is 5.35. The van der Waals surface area contributed by atoms with Crippen molar-refractivity contribution in [2.45, 2.75) is 10.6 Å². The lowest BCUT2D eigenvalue weighted by Crippen LogP contribution is -2.47. The summed E-state index contributed by atoms with van der Waals surface area (Å²) in [5.74, 6) is 0. The van der Waals surface area contributed by atoms with Gasteiger partial charge in [0.25, 0.3) is 10.2 Å². The van der Waals surface area contributed by atoms with Gasteiger partial charge in [-0.15, -0.1) is 11.3 Å². The molecule has 0 spiro atoms. The minimum absolute atomic E-state index is 0.0773. The van der Waals surface area contributed by atoms with Crippen LogP contribution in [0.3, 0.4) is 0 Å². The summed E-state index contributed by atoms with van der Waals surface area (Å²) in [5, 5.41) is 5.02. The van der Waals surface area contributed by atoms with E-state index in [4.69, 9.17) is 9.88 Å². The number of nitrogens with one attached hydrogen (secondary N) is 1. The molecule has 1 aromatic heterocycles. The number of thiophene rings is 1. The second-order valence-corrected chi connectivity index (χ2v) is 9.14. The monoisotopic (exact) mass is 355 g/mol. The molecule has 1 aliphatic heterocycles. The van der Waals surface area contributed by atoms with Crippen molar-refractivity contribution < 1.29 is 21.6 Å². The Balaban J connectivity index is 1.87. The zero-order chi connectivity index (χ0) is 15.5. The summed E-state index contributed by atoms with van der Waals surface area (Å²) in [5.41, 5.74) is 0. The van der Waals surface area contributed by atoms with Gasteiger partial charge in [-0.1, -0.05) is 0 Å². The van der Waals surface area contributed by atoms with Gasteiger partial charge in [0, 0.05) is 24.5 Å². The van der Waals surface area contributed by atoms with Gasteiger partial charge < -0.3 is 4.74 Å². The average molecular weight is 355 g/mol. The summed E-state index contributed by atoms with van der Waals surface area (Å²) in [4.78, 5) is 0.753. The smallest absolute Gasteiger partial charge is 0.279 e. The van der Waals surface area contributed by atoms with E-state index in [1.54, 1.807) is 6.07 Å². The Morgan fingerprint density at radius 2 is 1.90 bits per heavy atom. The van der Waals surface area contributed by atoms with Crippen molar-refractivity contribution in [3.05, 3.63) is 17.0 Å². The van der Waals surface area contributed by atoms with Gasteiger partial charge in [-0.05, 0) is 18.6 Å². The lowest BCUT2D eigenvalue weighted by Gasteiger charge is -2.26. The lowest BCUT2D eigenvalue weighted by molar-refractivity contribution is 0.0725. The van der Waals surface area contributed by atoms with Crippen molar-refractivity contribution >= 4 is 31.6 Å². The van der Waals surface area contributed by atoms with Crippen LogP contribution in [0.1, 0.15) is 4.88 Å². The summed E-state index contributed by atoms with van der Waals surface area (Å²) in [7, 11) is -7.20. The highest BCUT2D eigenvalue weighted by Gasteiger charge is 2.23. The predicted molar refractivity (Wildman–Crippen MR) is 78.7 cm³/mol. The van der Waals surface area contributed by atoms with E-state index >= 15 is 0 Å². The number of nitrogens with zero attached hydrogens (tertiary/aromatic N) is 1. The standard InChI is InChI=1S/C10H17N3O5S3/c11-20(14,15)10-2-1-9(19-10)3-4-12-21(16,17)13-5-7-18-8-6-13/h1-2,12H,3-8H2,(H2,11,14,15). The van der Waals surface area contributed by atoms with Crippen LogP contribution in [0, 0.1) is 0 Å². The van der Waals surface area contributed by atoms with Crippen LogP contribution in [-0.2, 0) is 31.4 Å². The molecule has 0 saturated carbocycles. The van der Waals surface area contributed by atoms with E-state index in [1.165, 1.54) is 10.4 Å². The molecular weight excluding hydrogens is 338 g/mol. The SMILES string of the molecule is NS(=O)(=O)c1ccc(CCNS(=O)(=O)N2CCOCC2)s1. The van der Waals surface area contributed by atoms with E-state index in [9.17, 15) is 16.8 Å². The minimum Gasteiger partial charge on any atom is -0.379 e. The molecular formula is C10H17N3O5S3. The van der Waals surface area contributed by atoms with Gasteiger partial charge >= 0.3 is 0 Å². The summed E-state index contributed by atoms with van der Waals surface area (Å²) in [6, 6.07) is 3.05. The highest BCUT2D eigenvalue weighted by Crippen LogP contribution is 2.20. The Morgan fingerprint density at radius 3 is 2.48 bits per heavy atom. The van der Waals surface area contributed by atoms with Gasteiger partial charge in [0.05, 0.1) is 13.2 Å². The first kappa shape index (κ1) is 16.8. The number of nitrogens with two attached hydrogens (primary N) is 1. The number of morpholine rings is 1. The van der Waals surface area contributed by atoms with Crippen LogP contribution >= 0.6 is 11.3 Å². The fraction of sp³-hybridized carbons (Fsp3) is 0.600. The van der Waals surface area contributed by atoms with E-state index in [0.717, 1.165) is 16.2 Å². The summed E-state index contributed by atoms with van der Waals surface area (Å²) < 4.78 is 55.3. The molecule has 0 bridgehead atoms. The molecule has 1 aliphatic rings. The van der Waals surface area contributed by atoms with Gasteiger partial charge in [-0.2, -0.15) is 12.7 Å². The van der Waals surface area contributed by atoms with Crippen LogP contribution in [0.15, 0.2) is 16.3 Å². The first-order valence-corrected chi connectivity index (χ1v) is 10.0. The average Bonchev–Trinajstić information content (AvgIpc) is 2.88. The summed E-state index contributed by atoms with van der Waals surface area (Å²) in [6.45, 7) is 1.66. The van der Waals surface area contributed by atoms with E-state index in [0.29, 0.717) is 32.7 Å². The highest BCUT2D eigenvalue weighted by molar-refractivity contribution is 7.91. The van der Waals surface area contributed by atoms with Crippen molar-refractivity contribution in [3.63, 3.8) is 0 Å². The molecule has 0 unspecified atom stereocenters. The van der Waals surface area contributed by atoms with E-state index in [-0.39, 0.29) is 10.8 Å². The Morgan fingerprint density at radius 1 is 1.24 bits per heavy atom. The van der Waals surface area contributed by atoms with Crippen molar-refractivity contribution in [2.24, 2.45) is 5.14 Å². The zero-order valence-corrected chi connectivity index (χ0v) is 13.6. The fourth-order valence-corrected chi connectivity index (χ4v) is 4.78. The highest BCUT2D eigenvalue weighted by atomic mass is 32.2. The Hall–Kier alpha value is -0.560. The van der Waals surface area contributed by atoms with Gasteiger partial charge in [0.1, 0.15) is 4.21 Å². The molecule has 8 nitrogen and oxygen atoms in total. The molecule has 0 radical (unpaired) electrons. The van der Waals surface area contributed by atoms with Gasteiger partial charge in [0.2, 0.25) is 10.0 Å². The summed E-state index contributed by atoms with van der Waals surface area (Å²) >= 11 is 1.04. The van der Waals surface area contributed by atoms with Crippen LogP contribution in [0.5, 0.6) is 0 Å². The second-order valence-electron chi connectivity index (χ2n) is 4.43. The van der Waals surface area contributed by atoms with Crippen molar-refractivity contribution in [3.8, 4) is 0 Å². The normalized spacial score (nSPS) is 18.0. The molecule has 2 heterocycles. The quantitative estimate of drug-likeness (QED) is 0.686. The molecule has 2 rings (SSSR count). The number of rotatable bonds is 6. The summed E-state index contributed by atoms with van der Waals surface area (Å²) in [6.07, 6.45) is 0.407. The topological polar surface area (TPSA) is 119 Å². The Labute approximate surface area is 128 Å². The van der Waals surface area contributed by atoms with Gasteiger partial charge in [-0.25, -0.2) is 18.3 Å². The van der Waals surface area contributed by atoms with Crippen LogP contribution in [0.2, 0.25) is 0 Å². The van der Waals surface area contributed by atoms with Crippen LogP contribution in [0.25, 0.3) is 0 Å². The third-order valence-corrected chi connectivity index (χ3v) is 7.08. The first-order valence-electron chi connectivity index (χ1n) is 6.23. The second kappa shape index (κ2) is 6.69. The van der Waals surface area contributed by atoms with Crippen molar-refractivity contribution in [2.75, 3.05) is 32.8 Å². The molecule has 120 valence electrons. The Bertz CT molecular complexity index is 677. The maximum Gasteiger partial charge on any atom is 0.279 e. The van der Waals surface area contributed by atoms with Crippen molar-refractivity contribution in [1.82, 2.24) is 9.03 Å². The maximum atomic E-state index is 12.0. The molecule has 0 aliphatic carbocycles. The number of ether oxygens (including phenoxy) is 1. The molecule has 1 fully saturated rings. The van der Waals surface area contributed by atoms with Gasteiger partial charge in [-0.3, -0.25) is 0 Å². The number of hydrogen-bond acceptors (Lipinski definition) is 6. The molecule has 21 heavy (non-hydrogen) atoms. The van der Waals surface area contributed by atoms with Gasteiger partial charge in [0.15, 0.2) is 0 Å². The van der Waals surface area contributed by atoms with E-state index in [2.05, 4.69) is 4.72 Å². The molecule has 0 aromatic carbocycles. The number of sulfonamides is 1. The largest absolute Gasteiger partial charge is 0.379 e. The third kappa shape index (κ3) is 4.71. The first-order chi connectivity index (χ1) is 9.79. The minimum atomic E-state index is -3.69. The molecule has 1 saturated heterocycles. The van der Waals surface area contributed by atoms with E-state index < -0.39 is 20.2 Å². The van der Waals surface area contributed by atoms with Crippen LogP contribution < -0.4 is 9.86 Å². The van der Waals surface area contributed by atoms with Crippen molar-refractivity contribution in [1.29, 1.82) is 0 Å². The lowest BCUT2D eigenvalue weighted by atomic mass is 10.3. The fourth-order valence-electron chi connectivity index (χ4n) is 1.83. The van der Waals surface area contributed by atoms with E-state index in [1.807, 2.05) is 0 Å². The molecule has 0 atom stereocenters. The molecule has 3 N–H and O–H groups in total. The number of hydrogen-bond donors (Lipinski definition) is 2. The molecule has 0 amide bonds.